The number of aromatic nitrogens is 1. The number of hydrogen-bond donors (Lipinski definition) is 2. The number of piperazine rings is 1. The minimum Gasteiger partial charge on any atom is -0.504 e. The molecule has 3 fully saturated rings. The third-order valence-corrected chi connectivity index (χ3v) is 10.1. The van der Waals surface area contributed by atoms with E-state index in [1.807, 2.05) is 33.7 Å². The van der Waals surface area contributed by atoms with Crippen LogP contribution in [0.4, 0.5) is 15.8 Å². The number of ether oxygens (including phenoxy) is 2. The zero-order chi connectivity index (χ0) is 32.8. The molecule has 0 spiro atoms. The van der Waals surface area contributed by atoms with Crippen LogP contribution in [0.25, 0.3) is 10.9 Å². The number of carbonyl (C=O) groups excluding carboxylic acids is 2. The number of thioether (sulfide) groups is 1. The van der Waals surface area contributed by atoms with Crippen LogP contribution in [0.2, 0.25) is 0 Å². The van der Waals surface area contributed by atoms with Gasteiger partial charge in [0.2, 0.25) is 5.43 Å². The van der Waals surface area contributed by atoms with E-state index in [0.29, 0.717) is 42.9 Å². The predicted octanol–water partition coefficient (Wildman–Crippen LogP) is 4.44. The SMILES string of the molecule is COc1ccc(N2CCN(c3cc4c(cc3F)c(=O)c(C(=O)NN3C(=O)CSC3c3ccc(O)c(OC)c3)cn4C3CC3)CC2)cc1. The van der Waals surface area contributed by atoms with Crippen LogP contribution < -0.4 is 30.1 Å². The Morgan fingerprint density at radius 1 is 0.957 bits per heavy atom. The van der Waals surface area contributed by atoms with E-state index in [1.165, 1.54) is 42.2 Å². The van der Waals surface area contributed by atoms with Gasteiger partial charge in [-0.2, -0.15) is 0 Å². The predicted molar refractivity (Wildman–Crippen MR) is 178 cm³/mol. The van der Waals surface area contributed by atoms with Gasteiger partial charge >= 0.3 is 0 Å². The number of phenolic OH excluding ortho intramolecular Hbond substituents is 1. The second-order valence-electron chi connectivity index (χ2n) is 11.8. The van der Waals surface area contributed by atoms with Crippen LogP contribution in [-0.2, 0) is 4.79 Å². The number of pyridine rings is 1. The van der Waals surface area contributed by atoms with E-state index in [9.17, 15) is 19.5 Å². The molecule has 2 saturated heterocycles. The first-order valence-corrected chi connectivity index (χ1v) is 16.4. The number of fused-ring (bicyclic) bond motifs is 1. The lowest BCUT2D eigenvalue weighted by molar-refractivity contribution is -0.130. The van der Waals surface area contributed by atoms with Crippen LogP contribution in [0.5, 0.6) is 17.2 Å². The monoisotopic (exact) mass is 659 g/mol. The minimum atomic E-state index is -0.753. The topological polar surface area (TPSA) is 117 Å². The van der Waals surface area contributed by atoms with Crippen molar-refractivity contribution >= 4 is 45.9 Å². The van der Waals surface area contributed by atoms with Gasteiger partial charge in [-0.3, -0.25) is 19.8 Å². The number of rotatable bonds is 8. The van der Waals surface area contributed by atoms with Crippen molar-refractivity contribution in [1.29, 1.82) is 0 Å². The van der Waals surface area contributed by atoms with Crippen molar-refractivity contribution in [2.75, 3.05) is 56.0 Å². The maximum atomic E-state index is 15.8. The first kappa shape index (κ1) is 30.7. The van der Waals surface area contributed by atoms with Crippen molar-refractivity contribution < 1.29 is 28.6 Å². The summed E-state index contributed by atoms with van der Waals surface area (Å²) in [5.74, 6) is -0.542. The molecule has 13 heteroatoms. The van der Waals surface area contributed by atoms with Gasteiger partial charge < -0.3 is 28.9 Å². The molecule has 0 radical (unpaired) electrons. The van der Waals surface area contributed by atoms with Crippen LogP contribution in [0, 0.1) is 5.82 Å². The summed E-state index contributed by atoms with van der Waals surface area (Å²) in [6.45, 7) is 2.59. The number of nitrogens with zero attached hydrogens (tertiary/aromatic N) is 4. The number of anilines is 2. The fourth-order valence-corrected chi connectivity index (χ4v) is 7.32. The standard InChI is InChI=1S/C34H34FN5O6S/c1-45-23-8-6-21(7-9-23)37-11-13-38(14-12-37)28-17-27-24(16-26(28)35)32(43)25(18-39(27)22-4-5-22)33(44)36-40-31(42)19-47-34(40)20-3-10-29(41)30(15-20)46-2/h3,6-10,15-18,22,34,41H,4-5,11-14,19H2,1-2H3,(H,36,44). The minimum absolute atomic E-state index is 0.0517. The first-order chi connectivity index (χ1) is 22.7. The van der Waals surface area contributed by atoms with Crippen molar-refractivity contribution in [3.8, 4) is 17.2 Å². The number of benzene rings is 3. The van der Waals surface area contributed by atoms with Crippen molar-refractivity contribution in [1.82, 2.24) is 15.0 Å². The van der Waals surface area contributed by atoms with Gasteiger partial charge in [0.25, 0.3) is 11.8 Å². The smallest absolute Gasteiger partial charge is 0.275 e. The van der Waals surface area contributed by atoms with Crippen molar-refractivity contribution in [2.24, 2.45) is 0 Å². The Balaban J connectivity index is 1.15. The van der Waals surface area contributed by atoms with Crippen molar-refractivity contribution in [2.45, 2.75) is 24.3 Å². The van der Waals surface area contributed by atoms with E-state index in [0.717, 1.165) is 24.3 Å². The van der Waals surface area contributed by atoms with Gasteiger partial charge in [0, 0.05) is 49.5 Å². The summed E-state index contributed by atoms with van der Waals surface area (Å²) in [5.41, 5.74) is 4.55. The summed E-state index contributed by atoms with van der Waals surface area (Å²) >= 11 is 1.29. The fourth-order valence-electron chi connectivity index (χ4n) is 6.22. The van der Waals surface area contributed by atoms with Gasteiger partial charge in [-0.05, 0) is 66.9 Å². The molecule has 3 aromatic carbocycles. The molecule has 1 aliphatic carbocycles. The number of halogens is 1. The summed E-state index contributed by atoms with van der Waals surface area (Å²) in [5, 5.41) is 10.7. The largest absolute Gasteiger partial charge is 0.504 e. The summed E-state index contributed by atoms with van der Waals surface area (Å²) in [7, 11) is 3.05. The first-order valence-electron chi connectivity index (χ1n) is 15.4. The molecule has 1 saturated carbocycles. The molecule has 3 heterocycles. The Hall–Kier alpha value is -4.91. The number of hydrogen-bond acceptors (Lipinski definition) is 9. The molecule has 0 bridgehead atoms. The molecule has 1 aromatic heterocycles. The molecule has 3 aliphatic rings. The fraction of sp³-hybridized carbons (Fsp3) is 0.324. The highest BCUT2D eigenvalue weighted by Gasteiger charge is 2.36. The molecule has 1 unspecified atom stereocenters. The number of amides is 2. The quantitative estimate of drug-likeness (QED) is 0.283. The van der Waals surface area contributed by atoms with E-state index in [4.69, 9.17) is 9.47 Å². The highest BCUT2D eigenvalue weighted by Crippen LogP contribution is 2.41. The Morgan fingerprint density at radius 3 is 2.36 bits per heavy atom. The van der Waals surface area contributed by atoms with E-state index >= 15 is 4.39 Å². The van der Waals surface area contributed by atoms with E-state index in [1.54, 1.807) is 25.3 Å². The van der Waals surface area contributed by atoms with Crippen LogP contribution in [0.15, 0.2) is 65.6 Å². The highest BCUT2D eigenvalue weighted by atomic mass is 32.2. The molecule has 244 valence electrons. The lowest BCUT2D eigenvalue weighted by Crippen LogP contribution is -2.47. The van der Waals surface area contributed by atoms with Gasteiger partial charge in [0.05, 0.1) is 31.2 Å². The van der Waals surface area contributed by atoms with Crippen LogP contribution in [-0.4, -0.2) is 72.6 Å². The van der Waals surface area contributed by atoms with E-state index in [2.05, 4.69) is 10.3 Å². The molecular formula is C34H34FN5O6S. The number of phenols is 1. The number of carbonyl (C=O) groups is 2. The number of nitrogens with one attached hydrogen (secondary N) is 1. The van der Waals surface area contributed by atoms with E-state index < -0.39 is 22.5 Å². The summed E-state index contributed by atoms with van der Waals surface area (Å²) in [6, 6.07) is 15.6. The lowest BCUT2D eigenvalue weighted by atomic mass is 10.1. The van der Waals surface area contributed by atoms with Crippen LogP contribution >= 0.6 is 11.8 Å². The summed E-state index contributed by atoms with van der Waals surface area (Å²) < 4.78 is 28.1. The van der Waals surface area contributed by atoms with Gasteiger partial charge in [0.1, 0.15) is 22.5 Å². The van der Waals surface area contributed by atoms with Gasteiger partial charge in [-0.15, -0.1) is 11.8 Å². The third-order valence-electron chi connectivity index (χ3n) is 8.92. The molecular weight excluding hydrogens is 625 g/mol. The zero-order valence-corrected chi connectivity index (χ0v) is 26.8. The molecule has 2 amide bonds. The van der Waals surface area contributed by atoms with E-state index in [-0.39, 0.29) is 40.2 Å². The van der Waals surface area contributed by atoms with Crippen molar-refractivity contribution in [3.63, 3.8) is 0 Å². The molecule has 2 N–H and O–H groups in total. The average molecular weight is 660 g/mol. The van der Waals surface area contributed by atoms with Crippen LogP contribution in [0.1, 0.15) is 40.2 Å². The number of aromatic hydroxyl groups is 1. The second-order valence-corrected chi connectivity index (χ2v) is 12.9. The Kier molecular flexibility index (Phi) is 8.08. The average Bonchev–Trinajstić information content (AvgIpc) is 3.88. The Morgan fingerprint density at radius 2 is 1.68 bits per heavy atom. The molecule has 4 aromatic rings. The molecule has 11 nitrogen and oxygen atoms in total. The maximum absolute atomic E-state index is 15.8. The van der Waals surface area contributed by atoms with Gasteiger partial charge in [0.15, 0.2) is 11.5 Å². The summed E-state index contributed by atoms with van der Waals surface area (Å²) in [4.78, 5) is 44.5. The van der Waals surface area contributed by atoms with Crippen molar-refractivity contribution in [3.05, 3.63) is 88.0 Å². The Labute approximate surface area is 274 Å². The maximum Gasteiger partial charge on any atom is 0.275 e. The Bertz CT molecular complexity index is 1920. The van der Waals surface area contributed by atoms with Gasteiger partial charge in [-0.1, -0.05) is 6.07 Å². The zero-order valence-electron chi connectivity index (χ0n) is 25.9. The third kappa shape index (κ3) is 5.79. The molecule has 1 atom stereocenters. The number of hydrazine groups is 1. The highest BCUT2D eigenvalue weighted by molar-refractivity contribution is 8.00. The normalized spacial score (nSPS) is 18.1. The second kappa shape index (κ2) is 12.4. The lowest BCUT2D eigenvalue weighted by Gasteiger charge is -2.37. The van der Waals surface area contributed by atoms with Crippen LogP contribution in [0.3, 0.4) is 0 Å². The molecule has 47 heavy (non-hydrogen) atoms. The number of methoxy groups -OCH3 is 2. The molecule has 7 rings (SSSR count). The van der Waals surface area contributed by atoms with Gasteiger partial charge in [-0.25, -0.2) is 9.40 Å². The molecule has 2 aliphatic heterocycles. The summed E-state index contributed by atoms with van der Waals surface area (Å²) in [6.07, 6.45) is 3.28.